The van der Waals surface area contributed by atoms with Gasteiger partial charge in [-0.3, -0.25) is 9.36 Å². The van der Waals surface area contributed by atoms with Crippen molar-refractivity contribution in [3.63, 3.8) is 0 Å². The Kier molecular flexibility index (Phi) is 4.76. The molecule has 0 spiro atoms. The molecule has 3 aromatic rings. The van der Waals surface area contributed by atoms with E-state index in [4.69, 9.17) is 0 Å². The van der Waals surface area contributed by atoms with Gasteiger partial charge in [0.15, 0.2) is 5.82 Å². The van der Waals surface area contributed by atoms with Gasteiger partial charge in [0.2, 0.25) is 5.95 Å². The molecule has 0 bridgehead atoms. The summed E-state index contributed by atoms with van der Waals surface area (Å²) < 4.78 is 15.4. The van der Waals surface area contributed by atoms with E-state index in [0.717, 1.165) is 5.56 Å². The fraction of sp³-hybridized carbons (Fsp3) is 0.350. The second-order valence-corrected chi connectivity index (χ2v) is 7.69. The molecule has 136 valence electrons. The molecule has 26 heavy (non-hydrogen) atoms. The number of halogens is 1. The summed E-state index contributed by atoms with van der Waals surface area (Å²) in [5.41, 5.74) is 0.681. The van der Waals surface area contributed by atoms with E-state index in [-0.39, 0.29) is 11.5 Å². The Hall–Kier alpha value is -2.76. The van der Waals surface area contributed by atoms with E-state index in [1.165, 1.54) is 10.6 Å². The predicted molar refractivity (Wildman–Crippen MR) is 102 cm³/mol. The third kappa shape index (κ3) is 3.90. The molecule has 2 heterocycles. The van der Waals surface area contributed by atoms with Crippen LogP contribution in [-0.2, 0) is 6.54 Å². The van der Waals surface area contributed by atoms with Gasteiger partial charge in [0.05, 0.1) is 6.04 Å². The average Bonchev–Trinajstić information content (AvgIpc) is 2.59. The average molecular weight is 354 g/mol. The van der Waals surface area contributed by atoms with Crippen molar-refractivity contribution in [2.24, 2.45) is 5.41 Å². The van der Waals surface area contributed by atoms with Crippen molar-refractivity contribution in [1.82, 2.24) is 14.5 Å². The number of fused-ring (bicyclic) bond motifs is 1. The van der Waals surface area contributed by atoms with Crippen LogP contribution in [0.3, 0.4) is 0 Å². The van der Waals surface area contributed by atoms with Crippen LogP contribution in [0.25, 0.3) is 11.0 Å². The third-order valence-electron chi connectivity index (χ3n) is 4.06. The monoisotopic (exact) mass is 354 g/mol. The molecule has 0 aliphatic rings. The number of pyridine rings is 1. The van der Waals surface area contributed by atoms with Crippen LogP contribution in [-0.4, -0.2) is 14.5 Å². The number of anilines is 1. The zero-order valence-corrected chi connectivity index (χ0v) is 15.5. The molecular weight excluding hydrogens is 331 g/mol. The topological polar surface area (TPSA) is 59.8 Å². The highest BCUT2D eigenvalue weighted by molar-refractivity contribution is 5.75. The number of nitrogens with one attached hydrogen (secondary N) is 1. The first-order chi connectivity index (χ1) is 12.2. The van der Waals surface area contributed by atoms with Crippen LogP contribution in [0.2, 0.25) is 0 Å². The summed E-state index contributed by atoms with van der Waals surface area (Å²) in [4.78, 5) is 21.1. The van der Waals surface area contributed by atoms with Crippen molar-refractivity contribution in [2.75, 3.05) is 5.32 Å². The minimum atomic E-state index is -0.788. The maximum absolute atomic E-state index is 14.0. The first kappa shape index (κ1) is 18.0. The Morgan fingerprint density at radius 1 is 1.23 bits per heavy atom. The van der Waals surface area contributed by atoms with E-state index in [1.807, 2.05) is 58.0 Å². The summed E-state index contributed by atoms with van der Waals surface area (Å²) in [6, 6.07) is 11.1. The zero-order chi connectivity index (χ0) is 18.9. The summed E-state index contributed by atoms with van der Waals surface area (Å²) in [5.74, 6) is -0.383. The Morgan fingerprint density at radius 3 is 2.58 bits per heavy atom. The summed E-state index contributed by atoms with van der Waals surface area (Å²) in [6.07, 6.45) is 1.55. The molecular formula is C20H23FN4O. The fourth-order valence-corrected chi connectivity index (χ4v) is 2.83. The lowest BCUT2D eigenvalue weighted by molar-refractivity contribution is 0.339. The molecule has 0 aliphatic carbocycles. The van der Waals surface area contributed by atoms with Crippen LogP contribution in [0.4, 0.5) is 10.3 Å². The number of rotatable bonds is 4. The molecule has 0 unspecified atom stereocenters. The van der Waals surface area contributed by atoms with Gasteiger partial charge in [-0.15, -0.1) is 0 Å². The van der Waals surface area contributed by atoms with Crippen LogP contribution in [0, 0.1) is 11.2 Å². The Morgan fingerprint density at radius 2 is 1.92 bits per heavy atom. The van der Waals surface area contributed by atoms with E-state index >= 15 is 0 Å². The van der Waals surface area contributed by atoms with Gasteiger partial charge >= 0.3 is 0 Å². The molecule has 0 saturated carbocycles. The summed E-state index contributed by atoms with van der Waals surface area (Å²) in [6.45, 7) is 8.36. The maximum atomic E-state index is 14.0. The van der Waals surface area contributed by atoms with Gasteiger partial charge in [-0.05, 0) is 24.0 Å². The summed E-state index contributed by atoms with van der Waals surface area (Å²) in [7, 11) is 0. The van der Waals surface area contributed by atoms with Gasteiger partial charge in [-0.2, -0.15) is 4.98 Å². The normalized spacial score (nSPS) is 13.0. The van der Waals surface area contributed by atoms with Crippen molar-refractivity contribution in [2.45, 2.75) is 40.3 Å². The highest BCUT2D eigenvalue weighted by Crippen LogP contribution is 2.21. The molecule has 3 rings (SSSR count). The van der Waals surface area contributed by atoms with E-state index in [2.05, 4.69) is 15.3 Å². The Bertz CT molecular complexity index is 977. The lowest BCUT2D eigenvalue weighted by atomic mass is 9.97. The second kappa shape index (κ2) is 6.86. The molecule has 0 fully saturated rings. The maximum Gasteiger partial charge on any atom is 0.288 e. The number of benzene rings is 1. The van der Waals surface area contributed by atoms with E-state index in [0.29, 0.717) is 23.5 Å². The predicted octanol–water partition coefficient (Wildman–Crippen LogP) is 4.15. The van der Waals surface area contributed by atoms with E-state index < -0.39 is 11.4 Å². The van der Waals surface area contributed by atoms with E-state index in [9.17, 15) is 9.18 Å². The molecule has 0 amide bonds. The number of hydrogen-bond donors (Lipinski definition) is 1. The fourth-order valence-electron chi connectivity index (χ4n) is 2.83. The molecule has 1 aromatic carbocycles. The summed E-state index contributed by atoms with van der Waals surface area (Å²) >= 11 is 0. The molecule has 1 atom stereocenters. The van der Waals surface area contributed by atoms with E-state index in [1.54, 1.807) is 6.20 Å². The molecule has 2 aromatic heterocycles. The third-order valence-corrected chi connectivity index (χ3v) is 4.06. The molecule has 1 N–H and O–H groups in total. The minimum Gasteiger partial charge on any atom is -0.348 e. The van der Waals surface area contributed by atoms with Gasteiger partial charge in [0.25, 0.3) is 5.56 Å². The highest BCUT2D eigenvalue weighted by atomic mass is 19.1. The van der Waals surface area contributed by atoms with Gasteiger partial charge < -0.3 is 5.32 Å². The zero-order valence-electron chi connectivity index (χ0n) is 15.5. The molecule has 6 heteroatoms. The van der Waals surface area contributed by atoms with Crippen LogP contribution >= 0.6 is 0 Å². The Balaban J connectivity index is 2.03. The minimum absolute atomic E-state index is 0.00288. The standard InChI is InChI=1S/C20H23FN4O/c1-13(14-8-6-5-7-9-14)23-19-22-11-15-10-16(21)18(26)25(17(15)24-19)12-20(2,3)4/h5-11,13H,12H2,1-4H3,(H,22,23,24)/t13-/m0/s1. The first-order valence-corrected chi connectivity index (χ1v) is 8.62. The lowest BCUT2D eigenvalue weighted by Crippen LogP contribution is -2.29. The van der Waals surface area contributed by atoms with Gasteiger partial charge in [0.1, 0.15) is 5.65 Å². The summed E-state index contributed by atoms with van der Waals surface area (Å²) in [5, 5.41) is 3.75. The van der Waals surface area contributed by atoms with Crippen LogP contribution < -0.4 is 10.9 Å². The molecule has 0 radical (unpaired) electrons. The number of hydrogen-bond acceptors (Lipinski definition) is 4. The molecule has 5 nitrogen and oxygen atoms in total. The Labute approximate surface area is 151 Å². The SMILES string of the molecule is C[C@H](Nc1ncc2cc(F)c(=O)n(CC(C)(C)C)c2n1)c1ccccc1. The quantitative estimate of drug-likeness (QED) is 0.765. The van der Waals surface area contributed by atoms with Crippen molar-refractivity contribution >= 4 is 17.0 Å². The smallest absolute Gasteiger partial charge is 0.288 e. The highest BCUT2D eigenvalue weighted by Gasteiger charge is 2.18. The molecule has 0 saturated heterocycles. The van der Waals surface area contributed by atoms with Gasteiger partial charge in [-0.25, -0.2) is 9.37 Å². The number of aromatic nitrogens is 3. The molecule has 0 aliphatic heterocycles. The van der Waals surface area contributed by atoms with Crippen LogP contribution in [0.15, 0.2) is 47.4 Å². The van der Waals surface area contributed by atoms with Crippen molar-refractivity contribution in [1.29, 1.82) is 0 Å². The van der Waals surface area contributed by atoms with Crippen molar-refractivity contribution in [3.8, 4) is 0 Å². The number of nitrogens with zero attached hydrogens (tertiary/aromatic N) is 3. The van der Waals surface area contributed by atoms with Gasteiger partial charge in [-0.1, -0.05) is 51.1 Å². The van der Waals surface area contributed by atoms with Crippen LogP contribution in [0.5, 0.6) is 0 Å². The first-order valence-electron chi connectivity index (χ1n) is 8.62. The largest absolute Gasteiger partial charge is 0.348 e. The van der Waals surface area contributed by atoms with Gasteiger partial charge in [0, 0.05) is 18.1 Å². The van der Waals surface area contributed by atoms with Crippen molar-refractivity contribution < 1.29 is 4.39 Å². The van der Waals surface area contributed by atoms with Crippen LogP contribution in [0.1, 0.15) is 39.3 Å². The lowest BCUT2D eigenvalue weighted by Gasteiger charge is -2.21. The van der Waals surface area contributed by atoms with Crippen molar-refractivity contribution in [3.05, 3.63) is 64.3 Å². The second-order valence-electron chi connectivity index (χ2n) is 7.69.